The summed E-state index contributed by atoms with van der Waals surface area (Å²) in [6.07, 6.45) is -1.12. The van der Waals surface area contributed by atoms with Crippen molar-refractivity contribution in [2.45, 2.75) is 23.8 Å². The first-order chi connectivity index (χ1) is 13.9. The maximum absolute atomic E-state index is 14.7. The molecule has 1 saturated heterocycles. The maximum Gasteiger partial charge on any atom is 0.253 e. The number of fused-ring (bicyclic) bond motifs is 4. The van der Waals surface area contributed by atoms with Crippen LogP contribution in [0, 0.1) is 12.7 Å². The largest absolute Gasteiger partial charge is 0.456 e. The van der Waals surface area contributed by atoms with Crippen molar-refractivity contribution in [3.63, 3.8) is 0 Å². The molecule has 0 spiro atoms. The van der Waals surface area contributed by atoms with Crippen molar-refractivity contribution in [1.29, 1.82) is 0 Å². The fourth-order valence-electron chi connectivity index (χ4n) is 3.81. The molecule has 7 heteroatoms. The van der Waals surface area contributed by atoms with E-state index in [2.05, 4.69) is 0 Å². The zero-order valence-electron chi connectivity index (χ0n) is 15.6. The lowest BCUT2D eigenvalue weighted by molar-refractivity contribution is -0.195. The highest BCUT2D eigenvalue weighted by molar-refractivity contribution is 7.89. The van der Waals surface area contributed by atoms with Gasteiger partial charge in [-0.25, -0.2) is 12.8 Å². The Morgan fingerprint density at radius 2 is 1.72 bits per heavy atom. The Labute approximate surface area is 168 Å². The lowest BCUT2D eigenvalue weighted by Gasteiger charge is -2.34. The summed E-state index contributed by atoms with van der Waals surface area (Å²) in [6.45, 7) is 1.79. The van der Waals surface area contributed by atoms with Gasteiger partial charge in [-0.2, -0.15) is 4.31 Å². The highest BCUT2D eigenvalue weighted by atomic mass is 32.2. The quantitative estimate of drug-likeness (QED) is 0.651. The second kappa shape index (κ2) is 6.38. The Morgan fingerprint density at radius 3 is 2.45 bits per heavy atom. The van der Waals surface area contributed by atoms with Crippen molar-refractivity contribution in [2.75, 3.05) is 6.54 Å². The molecule has 3 aromatic carbocycles. The van der Waals surface area contributed by atoms with Crippen LogP contribution < -0.4 is 4.74 Å². The maximum atomic E-state index is 14.7. The smallest absolute Gasteiger partial charge is 0.253 e. The summed E-state index contributed by atoms with van der Waals surface area (Å²) in [5.74, 6) is -1.63. The molecule has 0 radical (unpaired) electrons. The molecule has 3 aromatic rings. The fourth-order valence-corrected chi connectivity index (χ4v) is 5.31. The SMILES string of the molecule is Cc1ccc(S(=O)(=O)N2C[C@]3(c4ccccc4)Oc4cccc(F)c4[C@H]2O3)cc1. The van der Waals surface area contributed by atoms with Crippen LogP contribution in [0.1, 0.15) is 22.9 Å². The van der Waals surface area contributed by atoms with Gasteiger partial charge in [0.2, 0.25) is 10.0 Å². The predicted octanol–water partition coefficient (Wildman–Crippen LogP) is 4.10. The van der Waals surface area contributed by atoms with Gasteiger partial charge >= 0.3 is 0 Å². The second-order valence-electron chi connectivity index (χ2n) is 7.21. The van der Waals surface area contributed by atoms with E-state index in [4.69, 9.17) is 9.47 Å². The molecule has 5 nitrogen and oxygen atoms in total. The van der Waals surface area contributed by atoms with Gasteiger partial charge < -0.3 is 9.47 Å². The second-order valence-corrected chi connectivity index (χ2v) is 9.10. The summed E-state index contributed by atoms with van der Waals surface area (Å²) < 4.78 is 55.0. The highest BCUT2D eigenvalue weighted by Gasteiger charge is 2.58. The summed E-state index contributed by atoms with van der Waals surface area (Å²) in [5.41, 5.74) is 1.70. The van der Waals surface area contributed by atoms with E-state index in [0.29, 0.717) is 5.56 Å². The van der Waals surface area contributed by atoms with Crippen LogP contribution in [0.2, 0.25) is 0 Å². The van der Waals surface area contributed by atoms with Gasteiger partial charge in [0, 0.05) is 5.56 Å². The third kappa shape index (κ3) is 2.77. The van der Waals surface area contributed by atoms with Crippen molar-refractivity contribution in [3.05, 3.63) is 95.3 Å². The molecule has 2 aliphatic heterocycles. The molecule has 0 aromatic heterocycles. The van der Waals surface area contributed by atoms with E-state index < -0.39 is 27.9 Å². The Bertz CT molecular complexity index is 1180. The van der Waals surface area contributed by atoms with Crippen LogP contribution in [0.25, 0.3) is 0 Å². The summed E-state index contributed by atoms with van der Waals surface area (Å²) in [7, 11) is -3.95. The number of halogens is 1. The van der Waals surface area contributed by atoms with Crippen LogP contribution in [0.15, 0.2) is 77.7 Å². The van der Waals surface area contributed by atoms with Crippen molar-refractivity contribution < 1.29 is 22.3 Å². The van der Waals surface area contributed by atoms with Crippen molar-refractivity contribution >= 4 is 10.0 Å². The average molecular weight is 411 g/mol. The first kappa shape index (κ1) is 18.3. The zero-order chi connectivity index (χ0) is 20.2. The molecule has 0 saturated carbocycles. The van der Waals surface area contributed by atoms with Crippen molar-refractivity contribution in [1.82, 2.24) is 4.31 Å². The third-order valence-electron chi connectivity index (χ3n) is 5.30. The molecule has 0 N–H and O–H groups in total. The molecule has 2 bridgehead atoms. The highest BCUT2D eigenvalue weighted by Crippen LogP contribution is 2.53. The topological polar surface area (TPSA) is 55.8 Å². The minimum atomic E-state index is -3.95. The number of nitrogens with zero attached hydrogens (tertiary/aromatic N) is 1. The van der Waals surface area contributed by atoms with E-state index in [0.717, 1.165) is 5.56 Å². The van der Waals surface area contributed by atoms with Gasteiger partial charge in [-0.15, -0.1) is 0 Å². The number of hydrogen-bond donors (Lipinski definition) is 0. The molecule has 0 unspecified atom stereocenters. The number of rotatable bonds is 3. The van der Waals surface area contributed by atoms with Crippen molar-refractivity contribution in [2.24, 2.45) is 0 Å². The van der Waals surface area contributed by atoms with Crippen LogP contribution in [-0.4, -0.2) is 19.3 Å². The minimum Gasteiger partial charge on any atom is -0.456 e. The van der Waals surface area contributed by atoms with E-state index in [9.17, 15) is 12.8 Å². The van der Waals surface area contributed by atoms with Gasteiger partial charge in [0.25, 0.3) is 5.79 Å². The summed E-state index contributed by atoms with van der Waals surface area (Å²) in [4.78, 5) is 0.125. The Kier molecular flexibility index (Phi) is 4.03. The fraction of sp³-hybridized carbons (Fsp3) is 0.182. The number of sulfonamides is 1. The van der Waals surface area contributed by atoms with Crippen LogP contribution >= 0.6 is 0 Å². The molecular weight excluding hydrogens is 393 g/mol. The van der Waals surface area contributed by atoms with Crippen LogP contribution in [-0.2, 0) is 20.5 Å². The molecule has 1 fully saturated rings. The van der Waals surface area contributed by atoms with Crippen LogP contribution in [0.3, 0.4) is 0 Å². The van der Waals surface area contributed by atoms with Gasteiger partial charge in [0.15, 0.2) is 6.23 Å². The first-order valence-electron chi connectivity index (χ1n) is 9.20. The molecule has 2 heterocycles. The number of ether oxygens (including phenoxy) is 2. The first-order valence-corrected chi connectivity index (χ1v) is 10.6. The van der Waals surface area contributed by atoms with E-state index in [1.54, 1.807) is 30.3 Å². The van der Waals surface area contributed by atoms with Crippen LogP contribution in [0.4, 0.5) is 4.39 Å². The Balaban J connectivity index is 1.68. The van der Waals surface area contributed by atoms with E-state index >= 15 is 0 Å². The van der Waals surface area contributed by atoms with Gasteiger partial charge in [0.1, 0.15) is 11.6 Å². The van der Waals surface area contributed by atoms with Crippen LogP contribution in [0.5, 0.6) is 5.75 Å². The zero-order valence-corrected chi connectivity index (χ0v) is 16.4. The Hall–Kier alpha value is -2.74. The van der Waals surface area contributed by atoms with Gasteiger partial charge in [0.05, 0.1) is 17.0 Å². The Morgan fingerprint density at radius 1 is 1.00 bits per heavy atom. The van der Waals surface area contributed by atoms with Gasteiger partial charge in [-0.05, 0) is 31.2 Å². The van der Waals surface area contributed by atoms with E-state index in [1.807, 2.05) is 37.3 Å². The molecular formula is C22H18FNO4S. The summed E-state index contributed by atoms with van der Waals surface area (Å²) in [5, 5.41) is 0. The predicted molar refractivity (Wildman–Crippen MR) is 104 cm³/mol. The number of benzene rings is 3. The standard InChI is InChI=1S/C22H18FNO4S/c1-15-10-12-17(13-11-15)29(25,26)24-14-22(16-6-3-2-4-7-16)27-19-9-5-8-18(23)20(19)21(24)28-22/h2-13,21H,14H2,1H3/t21-,22+/m1/s1. The molecule has 29 heavy (non-hydrogen) atoms. The monoisotopic (exact) mass is 411 g/mol. The molecule has 0 amide bonds. The lowest BCUT2D eigenvalue weighted by atomic mass is 10.1. The summed E-state index contributed by atoms with van der Waals surface area (Å²) in [6, 6.07) is 20.1. The molecule has 2 atom stereocenters. The molecule has 0 aliphatic carbocycles. The number of hydrogen-bond acceptors (Lipinski definition) is 4. The average Bonchev–Trinajstić information content (AvgIpc) is 3.04. The summed E-state index contributed by atoms with van der Waals surface area (Å²) >= 11 is 0. The number of aryl methyl sites for hydroxylation is 1. The lowest BCUT2D eigenvalue weighted by Crippen LogP contribution is -2.39. The van der Waals surface area contributed by atoms with Gasteiger partial charge in [-0.3, -0.25) is 0 Å². The molecule has 5 rings (SSSR count). The van der Waals surface area contributed by atoms with Gasteiger partial charge in [-0.1, -0.05) is 54.1 Å². The minimum absolute atomic E-state index is 0.0900. The normalized spacial score (nSPS) is 23.4. The van der Waals surface area contributed by atoms with E-state index in [1.165, 1.54) is 16.4 Å². The molecule has 148 valence electrons. The van der Waals surface area contributed by atoms with E-state index in [-0.39, 0.29) is 22.8 Å². The third-order valence-corrected chi connectivity index (χ3v) is 7.11. The molecule has 2 aliphatic rings. The van der Waals surface area contributed by atoms with Crippen molar-refractivity contribution in [3.8, 4) is 5.75 Å².